The lowest BCUT2D eigenvalue weighted by Crippen LogP contribution is -2.32. The molecule has 0 saturated carbocycles. The number of carbonyl (C=O) groups excluding carboxylic acids is 1. The molecule has 3 rings (SSSR count). The molecule has 5 heteroatoms. The quantitative estimate of drug-likeness (QED) is 0.669. The van der Waals surface area contributed by atoms with E-state index in [-0.39, 0.29) is 5.91 Å². The van der Waals surface area contributed by atoms with Crippen molar-refractivity contribution in [2.45, 2.75) is 12.1 Å². The highest BCUT2D eigenvalue weighted by Gasteiger charge is 2.15. The van der Waals surface area contributed by atoms with Crippen LogP contribution in [-0.4, -0.2) is 23.2 Å². The van der Waals surface area contributed by atoms with Crippen molar-refractivity contribution in [2.75, 3.05) is 17.2 Å². The fourth-order valence-corrected chi connectivity index (χ4v) is 2.94. The number of rotatable bonds is 5. The van der Waals surface area contributed by atoms with Crippen LogP contribution in [0.5, 0.6) is 0 Å². The van der Waals surface area contributed by atoms with Gasteiger partial charge in [-0.05, 0) is 31.2 Å². The topological polar surface area (TPSA) is 46.3 Å². The lowest BCUT2D eigenvalue weighted by molar-refractivity contribution is -0.116. The number of benzene rings is 2. The van der Waals surface area contributed by atoms with E-state index in [4.69, 9.17) is 4.42 Å². The minimum absolute atomic E-state index is 0.0426. The van der Waals surface area contributed by atoms with Gasteiger partial charge in [-0.3, -0.25) is 4.79 Å². The number of amides is 1. The maximum atomic E-state index is 12.4. The Kier molecular flexibility index (Phi) is 4.44. The summed E-state index contributed by atoms with van der Waals surface area (Å²) < 4.78 is 5.62. The van der Waals surface area contributed by atoms with E-state index in [1.165, 1.54) is 11.8 Å². The molecule has 0 atom stereocenters. The van der Waals surface area contributed by atoms with Crippen LogP contribution in [0.1, 0.15) is 6.92 Å². The van der Waals surface area contributed by atoms with Crippen molar-refractivity contribution in [1.29, 1.82) is 0 Å². The third kappa shape index (κ3) is 3.14. The van der Waals surface area contributed by atoms with E-state index >= 15 is 0 Å². The Morgan fingerprint density at radius 3 is 2.59 bits per heavy atom. The summed E-state index contributed by atoms with van der Waals surface area (Å²) in [4.78, 5) is 18.5. The maximum absolute atomic E-state index is 12.4. The second-order valence-corrected chi connectivity index (χ2v) is 5.64. The molecule has 1 aromatic heterocycles. The first-order valence-electron chi connectivity index (χ1n) is 7.11. The van der Waals surface area contributed by atoms with Gasteiger partial charge in [-0.15, -0.1) is 0 Å². The van der Waals surface area contributed by atoms with Crippen molar-refractivity contribution >= 4 is 34.5 Å². The van der Waals surface area contributed by atoms with Gasteiger partial charge in [0.05, 0.1) is 5.75 Å². The van der Waals surface area contributed by atoms with Gasteiger partial charge in [-0.25, -0.2) is 4.98 Å². The van der Waals surface area contributed by atoms with Crippen LogP contribution in [0.2, 0.25) is 0 Å². The predicted octanol–water partition coefficient (Wildman–Crippen LogP) is 3.97. The van der Waals surface area contributed by atoms with Gasteiger partial charge in [0.2, 0.25) is 5.91 Å². The van der Waals surface area contributed by atoms with Crippen molar-refractivity contribution in [3.05, 3.63) is 54.6 Å². The van der Waals surface area contributed by atoms with Crippen LogP contribution >= 0.6 is 11.8 Å². The summed E-state index contributed by atoms with van der Waals surface area (Å²) in [6, 6.07) is 17.3. The Balaban J connectivity index is 1.68. The molecule has 4 nitrogen and oxygen atoms in total. The van der Waals surface area contributed by atoms with Crippen LogP contribution < -0.4 is 4.90 Å². The summed E-state index contributed by atoms with van der Waals surface area (Å²) in [5.41, 5.74) is 2.47. The molecule has 0 aliphatic carbocycles. The summed E-state index contributed by atoms with van der Waals surface area (Å²) >= 11 is 1.32. The number of nitrogens with zero attached hydrogens (tertiary/aromatic N) is 2. The van der Waals surface area contributed by atoms with Gasteiger partial charge in [0, 0.05) is 12.2 Å². The van der Waals surface area contributed by atoms with E-state index in [0.717, 1.165) is 16.8 Å². The van der Waals surface area contributed by atoms with Gasteiger partial charge in [0.15, 0.2) is 5.58 Å². The third-order valence-electron chi connectivity index (χ3n) is 3.28. The molecule has 0 aliphatic heterocycles. The minimum atomic E-state index is 0.0426. The van der Waals surface area contributed by atoms with Crippen LogP contribution in [0.25, 0.3) is 11.1 Å². The summed E-state index contributed by atoms with van der Waals surface area (Å²) in [6.07, 6.45) is 0. The van der Waals surface area contributed by atoms with Gasteiger partial charge in [-0.1, -0.05) is 42.1 Å². The van der Waals surface area contributed by atoms with Crippen molar-refractivity contribution in [3.8, 4) is 0 Å². The number of hydrogen-bond acceptors (Lipinski definition) is 4. The number of oxazole rings is 1. The molecule has 0 unspecified atom stereocenters. The van der Waals surface area contributed by atoms with Gasteiger partial charge >= 0.3 is 0 Å². The molecule has 0 aliphatic rings. The second-order valence-electron chi connectivity index (χ2n) is 4.71. The van der Waals surface area contributed by atoms with E-state index in [2.05, 4.69) is 4.98 Å². The average molecular weight is 312 g/mol. The standard InChI is InChI=1S/C17H16N2O2S/c1-2-19(13-8-4-3-5-9-13)16(20)12-22-17-18-14-10-6-7-11-15(14)21-17/h3-11H,2,12H2,1H3. The van der Waals surface area contributed by atoms with Crippen LogP contribution in [0.3, 0.4) is 0 Å². The van der Waals surface area contributed by atoms with E-state index in [9.17, 15) is 4.79 Å². The van der Waals surface area contributed by atoms with Crippen LogP contribution in [0.15, 0.2) is 64.2 Å². The van der Waals surface area contributed by atoms with Crippen molar-refractivity contribution < 1.29 is 9.21 Å². The SMILES string of the molecule is CCN(C(=O)CSc1nc2ccccc2o1)c1ccccc1. The Labute approximate surface area is 133 Å². The van der Waals surface area contributed by atoms with Crippen LogP contribution in [0.4, 0.5) is 5.69 Å². The Hall–Kier alpha value is -2.27. The molecule has 1 heterocycles. The summed E-state index contributed by atoms with van der Waals surface area (Å²) in [7, 11) is 0. The zero-order valence-corrected chi connectivity index (χ0v) is 13.0. The first kappa shape index (κ1) is 14.7. The number of carbonyl (C=O) groups is 1. The average Bonchev–Trinajstić information content (AvgIpc) is 2.97. The van der Waals surface area contributed by atoms with Gasteiger partial charge in [0.25, 0.3) is 5.22 Å². The minimum Gasteiger partial charge on any atom is -0.431 e. The molecule has 0 N–H and O–H groups in total. The summed E-state index contributed by atoms with van der Waals surface area (Å²) in [5, 5.41) is 0.527. The first-order valence-corrected chi connectivity index (χ1v) is 8.10. The summed E-state index contributed by atoms with van der Waals surface area (Å²) in [6.45, 7) is 2.60. The molecule has 0 radical (unpaired) electrons. The fraction of sp³-hybridized carbons (Fsp3) is 0.176. The van der Waals surface area contributed by atoms with Crippen molar-refractivity contribution in [2.24, 2.45) is 0 Å². The van der Waals surface area contributed by atoms with Gasteiger partial charge in [0.1, 0.15) is 5.52 Å². The smallest absolute Gasteiger partial charge is 0.257 e. The molecule has 1 amide bonds. The number of anilines is 1. The number of thioether (sulfide) groups is 1. The molecule has 112 valence electrons. The summed E-state index contributed by atoms with van der Waals surface area (Å²) in [5.74, 6) is 0.344. The Bertz CT molecular complexity index is 737. The number of hydrogen-bond donors (Lipinski definition) is 0. The van der Waals surface area contributed by atoms with E-state index in [1.54, 1.807) is 4.90 Å². The molecule has 0 saturated heterocycles. The van der Waals surface area contributed by atoms with Crippen molar-refractivity contribution in [1.82, 2.24) is 4.98 Å². The Morgan fingerprint density at radius 1 is 1.14 bits per heavy atom. The molecule has 0 fully saturated rings. The maximum Gasteiger partial charge on any atom is 0.257 e. The lowest BCUT2D eigenvalue weighted by atomic mass is 10.3. The largest absolute Gasteiger partial charge is 0.431 e. The molecule has 3 aromatic rings. The molecular weight excluding hydrogens is 296 g/mol. The van der Waals surface area contributed by atoms with E-state index < -0.39 is 0 Å². The molecule has 22 heavy (non-hydrogen) atoms. The molecule has 0 bridgehead atoms. The number of para-hydroxylation sites is 3. The zero-order valence-electron chi connectivity index (χ0n) is 12.2. The zero-order chi connectivity index (χ0) is 15.4. The van der Waals surface area contributed by atoms with Gasteiger partial charge < -0.3 is 9.32 Å². The van der Waals surface area contributed by atoms with Crippen LogP contribution in [0, 0.1) is 0 Å². The number of aromatic nitrogens is 1. The Morgan fingerprint density at radius 2 is 1.86 bits per heavy atom. The van der Waals surface area contributed by atoms with Crippen molar-refractivity contribution in [3.63, 3.8) is 0 Å². The molecular formula is C17H16N2O2S. The fourth-order valence-electron chi connectivity index (χ4n) is 2.23. The second kappa shape index (κ2) is 6.66. The predicted molar refractivity (Wildman–Crippen MR) is 89.2 cm³/mol. The van der Waals surface area contributed by atoms with E-state index in [0.29, 0.717) is 17.5 Å². The highest BCUT2D eigenvalue weighted by atomic mass is 32.2. The van der Waals surface area contributed by atoms with E-state index in [1.807, 2.05) is 61.5 Å². The monoisotopic (exact) mass is 312 g/mol. The van der Waals surface area contributed by atoms with Gasteiger partial charge in [-0.2, -0.15) is 0 Å². The lowest BCUT2D eigenvalue weighted by Gasteiger charge is -2.20. The number of fused-ring (bicyclic) bond motifs is 1. The third-order valence-corrected chi connectivity index (χ3v) is 4.09. The first-order chi connectivity index (χ1) is 10.8. The molecule has 2 aromatic carbocycles. The normalized spacial score (nSPS) is 10.8. The highest BCUT2D eigenvalue weighted by molar-refractivity contribution is 7.99. The highest BCUT2D eigenvalue weighted by Crippen LogP contribution is 2.24. The van der Waals surface area contributed by atoms with Crippen LogP contribution in [-0.2, 0) is 4.79 Å². The molecule has 0 spiro atoms.